The zero-order valence-corrected chi connectivity index (χ0v) is 7.91. The van der Waals surface area contributed by atoms with Crippen LogP contribution < -0.4 is 0 Å². The molecule has 0 amide bonds. The lowest BCUT2D eigenvalue weighted by atomic mass is 10.2. The summed E-state index contributed by atoms with van der Waals surface area (Å²) in [4.78, 5) is 0. The van der Waals surface area contributed by atoms with Crippen molar-refractivity contribution in [3.8, 4) is 0 Å². The van der Waals surface area contributed by atoms with Gasteiger partial charge in [-0.1, -0.05) is 26.7 Å². The molecule has 0 aromatic heterocycles. The number of hydrogen-bond acceptors (Lipinski definition) is 1. The van der Waals surface area contributed by atoms with Gasteiger partial charge in [-0.15, -0.1) is 0 Å². The second-order valence-electron chi connectivity index (χ2n) is 3.13. The van der Waals surface area contributed by atoms with E-state index < -0.39 is 0 Å². The van der Waals surface area contributed by atoms with Crippen LogP contribution in [0.1, 0.15) is 39.5 Å². The molecule has 1 saturated carbocycles. The lowest BCUT2D eigenvalue weighted by molar-refractivity contribution is 0.656. The predicted molar refractivity (Wildman–Crippen MR) is 49.6 cm³/mol. The fourth-order valence-electron chi connectivity index (χ4n) is 1.41. The molecule has 0 radical (unpaired) electrons. The molecule has 0 heterocycles. The van der Waals surface area contributed by atoms with Crippen molar-refractivity contribution in [2.75, 3.05) is 5.75 Å². The highest BCUT2D eigenvalue weighted by Gasteiger charge is 2.35. The topological polar surface area (TPSA) is 0 Å². The van der Waals surface area contributed by atoms with Gasteiger partial charge in [-0.2, -0.15) is 11.8 Å². The Balaban J connectivity index is 1.92. The average Bonchev–Trinajstić information content (AvgIpc) is 2.65. The third-order valence-electron chi connectivity index (χ3n) is 2.17. The van der Waals surface area contributed by atoms with Gasteiger partial charge in [0.25, 0.3) is 0 Å². The number of hydrogen-bond donors (Lipinski definition) is 0. The van der Waals surface area contributed by atoms with Crippen LogP contribution in [0.25, 0.3) is 0 Å². The predicted octanol–water partition coefficient (Wildman–Crippen LogP) is 3.32. The average molecular weight is 158 g/mol. The molecule has 0 bridgehead atoms. The van der Waals surface area contributed by atoms with Crippen LogP contribution in [0, 0.1) is 5.92 Å². The van der Waals surface area contributed by atoms with Gasteiger partial charge in [-0.3, -0.25) is 0 Å². The SMILES string of the molecule is CCCCC1CC1SCC. The van der Waals surface area contributed by atoms with Crippen LogP contribution in [0.2, 0.25) is 0 Å². The van der Waals surface area contributed by atoms with E-state index >= 15 is 0 Å². The minimum Gasteiger partial charge on any atom is -0.159 e. The van der Waals surface area contributed by atoms with Crippen LogP contribution in [-0.4, -0.2) is 11.0 Å². The summed E-state index contributed by atoms with van der Waals surface area (Å²) in [5, 5.41) is 1.05. The molecule has 2 atom stereocenters. The monoisotopic (exact) mass is 158 g/mol. The second kappa shape index (κ2) is 4.27. The molecule has 1 aliphatic rings. The van der Waals surface area contributed by atoms with Gasteiger partial charge in [-0.05, 0) is 24.5 Å². The van der Waals surface area contributed by atoms with Crippen molar-refractivity contribution in [2.45, 2.75) is 44.8 Å². The van der Waals surface area contributed by atoms with Gasteiger partial charge >= 0.3 is 0 Å². The highest BCUT2D eigenvalue weighted by Crippen LogP contribution is 2.44. The Hall–Kier alpha value is 0.350. The molecule has 0 spiro atoms. The molecule has 0 N–H and O–H groups in total. The van der Waals surface area contributed by atoms with Gasteiger partial charge in [0.15, 0.2) is 0 Å². The fraction of sp³-hybridized carbons (Fsp3) is 1.00. The van der Waals surface area contributed by atoms with Crippen molar-refractivity contribution >= 4 is 11.8 Å². The lowest BCUT2D eigenvalue weighted by Crippen LogP contribution is -1.83. The zero-order valence-electron chi connectivity index (χ0n) is 7.10. The Morgan fingerprint density at radius 1 is 1.40 bits per heavy atom. The van der Waals surface area contributed by atoms with Crippen molar-refractivity contribution < 1.29 is 0 Å². The van der Waals surface area contributed by atoms with Crippen molar-refractivity contribution in [3.63, 3.8) is 0 Å². The van der Waals surface area contributed by atoms with Gasteiger partial charge in [0.2, 0.25) is 0 Å². The zero-order chi connectivity index (χ0) is 7.40. The van der Waals surface area contributed by atoms with Gasteiger partial charge in [0.1, 0.15) is 0 Å². The van der Waals surface area contributed by atoms with Crippen LogP contribution in [0.4, 0.5) is 0 Å². The Morgan fingerprint density at radius 2 is 2.20 bits per heavy atom. The third kappa shape index (κ3) is 2.53. The Morgan fingerprint density at radius 3 is 2.80 bits per heavy atom. The normalized spacial score (nSPS) is 30.6. The summed E-state index contributed by atoms with van der Waals surface area (Å²) in [5.41, 5.74) is 0. The van der Waals surface area contributed by atoms with Crippen LogP contribution in [-0.2, 0) is 0 Å². The highest BCUT2D eigenvalue weighted by atomic mass is 32.2. The largest absolute Gasteiger partial charge is 0.159 e. The fourth-order valence-corrected chi connectivity index (χ4v) is 2.63. The van der Waals surface area contributed by atoms with Crippen LogP contribution >= 0.6 is 11.8 Å². The first kappa shape index (κ1) is 8.45. The van der Waals surface area contributed by atoms with Crippen LogP contribution in [0.5, 0.6) is 0 Å². The van der Waals surface area contributed by atoms with E-state index in [2.05, 4.69) is 25.6 Å². The lowest BCUT2D eigenvalue weighted by Gasteiger charge is -1.95. The minimum atomic E-state index is 1.05. The molecule has 0 aliphatic heterocycles. The summed E-state index contributed by atoms with van der Waals surface area (Å²) in [5.74, 6) is 2.41. The quantitative estimate of drug-likeness (QED) is 0.591. The third-order valence-corrected chi connectivity index (χ3v) is 3.51. The van der Waals surface area contributed by atoms with E-state index in [1.165, 1.54) is 31.4 Å². The Labute approximate surface area is 68.8 Å². The summed E-state index contributed by atoms with van der Waals surface area (Å²) in [7, 11) is 0. The molecular weight excluding hydrogens is 140 g/mol. The van der Waals surface area contributed by atoms with Crippen molar-refractivity contribution in [1.29, 1.82) is 0 Å². The molecule has 2 unspecified atom stereocenters. The molecule has 1 heteroatoms. The number of unbranched alkanes of at least 4 members (excludes halogenated alkanes) is 1. The maximum Gasteiger partial charge on any atom is 0.00786 e. The van der Waals surface area contributed by atoms with E-state index in [0.717, 1.165) is 11.2 Å². The molecule has 1 fully saturated rings. The summed E-state index contributed by atoms with van der Waals surface area (Å²) in [6, 6.07) is 0. The molecule has 0 aromatic rings. The van der Waals surface area contributed by atoms with Gasteiger partial charge < -0.3 is 0 Å². The van der Waals surface area contributed by atoms with E-state index in [9.17, 15) is 0 Å². The molecule has 1 aliphatic carbocycles. The first-order valence-corrected chi connectivity index (χ1v) is 5.55. The summed E-state index contributed by atoms with van der Waals surface area (Å²) >= 11 is 2.16. The van der Waals surface area contributed by atoms with Gasteiger partial charge in [0.05, 0.1) is 0 Å². The molecule has 0 aromatic carbocycles. The van der Waals surface area contributed by atoms with E-state index in [4.69, 9.17) is 0 Å². The minimum absolute atomic E-state index is 1.05. The standard InChI is InChI=1S/C9H18S/c1-3-5-6-8-7-9(8)10-4-2/h8-9H,3-7H2,1-2H3. The molecule has 0 saturated heterocycles. The van der Waals surface area contributed by atoms with Crippen molar-refractivity contribution in [1.82, 2.24) is 0 Å². The van der Waals surface area contributed by atoms with Crippen LogP contribution in [0.15, 0.2) is 0 Å². The molecule has 60 valence electrons. The Kier molecular flexibility index (Phi) is 3.61. The van der Waals surface area contributed by atoms with E-state index in [1.807, 2.05) is 0 Å². The molecular formula is C9H18S. The molecule has 10 heavy (non-hydrogen) atoms. The molecule has 1 rings (SSSR count). The van der Waals surface area contributed by atoms with Crippen molar-refractivity contribution in [3.05, 3.63) is 0 Å². The van der Waals surface area contributed by atoms with E-state index in [-0.39, 0.29) is 0 Å². The van der Waals surface area contributed by atoms with Crippen LogP contribution in [0.3, 0.4) is 0 Å². The Bertz CT molecular complexity index is 90.7. The summed E-state index contributed by atoms with van der Waals surface area (Å²) in [6.45, 7) is 4.55. The number of thioether (sulfide) groups is 1. The highest BCUT2D eigenvalue weighted by molar-refractivity contribution is 8.00. The number of rotatable bonds is 5. The summed E-state index contributed by atoms with van der Waals surface area (Å²) < 4.78 is 0. The maximum absolute atomic E-state index is 2.28. The van der Waals surface area contributed by atoms with Gasteiger partial charge in [0, 0.05) is 5.25 Å². The summed E-state index contributed by atoms with van der Waals surface area (Å²) in [6.07, 6.45) is 5.83. The van der Waals surface area contributed by atoms with E-state index in [0.29, 0.717) is 0 Å². The second-order valence-corrected chi connectivity index (χ2v) is 4.65. The van der Waals surface area contributed by atoms with Crippen molar-refractivity contribution in [2.24, 2.45) is 5.92 Å². The first-order valence-electron chi connectivity index (χ1n) is 4.50. The first-order chi connectivity index (χ1) is 4.88. The molecule has 0 nitrogen and oxygen atoms in total. The maximum atomic E-state index is 2.28. The van der Waals surface area contributed by atoms with E-state index in [1.54, 1.807) is 0 Å². The smallest absolute Gasteiger partial charge is 0.00786 e. The van der Waals surface area contributed by atoms with Gasteiger partial charge in [-0.25, -0.2) is 0 Å².